The fraction of sp³-hybridized carbons (Fsp3) is 0.923. The van der Waals surface area contributed by atoms with Crippen LogP contribution in [-0.2, 0) is 14.3 Å². The minimum Gasteiger partial charge on any atom is -0.464 e. The van der Waals surface area contributed by atoms with Crippen LogP contribution in [0.2, 0.25) is 0 Å². The molecule has 0 radical (unpaired) electrons. The Kier molecular flexibility index (Phi) is 4.97. The molecule has 104 valence electrons. The third-order valence-electron chi connectivity index (χ3n) is 3.87. The summed E-state index contributed by atoms with van der Waals surface area (Å²) < 4.78 is 10.4. The normalized spacial score (nSPS) is 30.7. The van der Waals surface area contributed by atoms with Crippen LogP contribution in [0.25, 0.3) is 0 Å². The Morgan fingerprint density at radius 1 is 1.44 bits per heavy atom. The Balaban J connectivity index is 1.78. The van der Waals surface area contributed by atoms with Crippen LogP contribution in [0.1, 0.15) is 20.3 Å². The molecule has 5 heteroatoms. The molecule has 18 heavy (non-hydrogen) atoms. The molecule has 0 N–H and O–H groups in total. The summed E-state index contributed by atoms with van der Waals surface area (Å²) in [5.41, 5.74) is 0. The molecule has 2 rings (SSSR count). The van der Waals surface area contributed by atoms with Crippen molar-refractivity contribution in [3.8, 4) is 0 Å². The summed E-state index contributed by atoms with van der Waals surface area (Å²) in [7, 11) is 0. The van der Waals surface area contributed by atoms with Crippen molar-refractivity contribution < 1.29 is 14.3 Å². The highest BCUT2D eigenvalue weighted by Crippen LogP contribution is 2.18. The maximum atomic E-state index is 11.6. The van der Waals surface area contributed by atoms with Crippen LogP contribution in [0.3, 0.4) is 0 Å². The van der Waals surface area contributed by atoms with Crippen LogP contribution in [-0.4, -0.2) is 73.9 Å². The lowest BCUT2D eigenvalue weighted by Crippen LogP contribution is -2.56. The van der Waals surface area contributed by atoms with Gasteiger partial charge in [0.25, 0.3) is 0 Å². The first kappa shape index (κ1) is 13.8. The van der Waals surface area contributed by atoms with E-state index in [1.165, 1.54) is 0 Å². The lowest BCUT2D eigenvalue weighted by Gasteiger charge is -2.41. The van der Waals surface area contributed by atoms with Gasteiger partial charge in [0.2, 0.25) is 0 Å². The first-order chi connectivity index (χ1) is 8.72. The number of esters is 1. The molecule has 0 aromatic rings. The molecule has 2 aliphatic heterocycles. The molecule has 0 saturated carbocycles. The summed E-state index contributed by atoms with van der Waals surface area (Å²) in [6.07, 6.45) is 0.852. The number of ether oxygens (including phenoxy) is 2. The summed E-state index contributed by atoms with van der Waals surface area (Å²) >= 11 is 0. The number of cyclic esters (lactones) is 1. The van der Waals surface area contributed by atoms with E-state index in [1.807, 2.05) is 6.92 Å². The van der Waals surface area contributed by atoms with E-state index in [0.29, 0.717) is 12.6 Å². The average Bonchev–Trinajstić information content (AvgIpc) is 2.78. The van der Waals surface area contributed by atoms with Gasteiger partial charge >= 0.3 is 5.97 Å². The Labute approximate surface area is 109 Å². The second kappa shape index (κ2) is 6.50. The summed E-state index contributed by atoms with van der Waals surface area (Å²) in [4.78, 5) is 16.3. The highest BCUT2D eigenvalue weighted by molar-refractivity contribution is 5.77. The zero-order valence-corrected chi connectivity index (χ0v) is 11.4. The first-order valence-corrected chi connectivity index (χ1v) is 6.95. The highest BCUT2D eigenvalue weighted by Gasteiger charge is 2.35. The molecule has 2 saturated heterocycles. The van der Waals surface area contributed by atoms with E-state index in [4.69, 9.17) is 9.47 Å². The quantitative estimate of drug-likeness (QED) is 0.524. The van der Waals surface area contributed by atoms with E-state index in [1.54, 1.807) is 0 Å². The molecule has 0 unspecified atom stereocenters. The Morgan fingerprint density at radius 2 is 2.28 bits per heavy atom. The molecule has 0 bridgehead atoms. The molecule has 2 fully saturated rings. The number of rotatable bonds is 5. The Hall–Kier alpha value is -0.650. The summed E-state index contributed by atoms with van der Waals surface area (Å²) in [6, 6.07) is 0.481. The van der Waals surface area contributed by atoms with E-state index < -0.39 is 0 Å². The van der Waals surface area contributed by atoms with Gasteiger partial charge < -0.3 is 9.47 Å². The van der Waals surface area contributed by atoms with Gasteiger partial charge in [-0.1, -0.05) is 0 Å². The van der Waals surface area contributed by atoms with Crippen molar-refractivity contribution in [3.63, 3.8) is 0 Å². The van der Waals surface area contributed by atoms with Gasteiger partial charge in [0.15, 0.2) is 0 Å². The SMILES string of the molecule is CCOCCN1CCN([C@H]2CCOC2=O)C[C@@H]1C. The zero-order chi connectivity index (χ0) is 13.0. The van der Waals surface area contributed by atoms with Crippen LogP contribution >= 0.6 is 0 Å². The molecule has 0 spiro atoms. The molecule has 0 aromatic carbocycles. The molecule has 0 amide bonds. The lowest BCUT2D eigenvalue weighted by atomic mass is 10.1. The number of piperazine rings is 1. The average molecular weight is 256 g/mol. The van der Waals surface area contributed by atoms with Crippen LogP contribution in [0.5, 0.6) is 0 Å². The summed E-state index contributed by atoms with van der Waals surface area (Å²) in [6.45, 7) is 10.3. The van der Waals surface area contributed by atoms with Gasteiger partial charge in [-0.25, -0.2) is 0 Å². The van der Waals surface area contributed by atoms with Crippen molar-refractivity contribution in [2.24, 2.45) is 0 Å². The predicted molar refractivity (Wildman–Crippen MR) is 68.5 cm³/mol. The standard InChI is InChI=1S/C13H24N2O3/c1-3-17-9-7-14-5-6-15(10-11(14)2)12-4-8-18-13(12)16/h11-12H,3-10H2,1-2H3/t11-,12-/m0/s1. The number of carbonyl (C=O) groups excluding carboxylic acids is 1. The number of hydrogen-bond acceptors (Lipinski definition) is 5. The maximum Gasteiger partial charge on any atom is 0.323 e. The van der Waals surface area contributed by atoms with Crippen LogP contribution in [0.4, 0.5) is 0 Å². The maximum absolute atomic E-state index is 11.6. The van der Waals surface area contributed by atoms with E-state index in [9.17, 15) is 4.79 Å². The lowest BCUT2D eigenvalue weighted by molar-refractivity contribution is -0.143. The molecule has 2 aliphatic rings. The van der Waals surface area contributed by atoms with E-state index in [2.05, 4.69) is 16.7 Å². The zero-order valence-electron chi connectivity index (χ0n) is 11.4. The Morgan fingerprint density at radius 3 is 2.89 bits per heavy atom. The van der Waals surface area contributed by atoms with Gasteiger partial charge in [-0.05, 0) is 13.8 Å². The number of nitrogens with zero attached hydrogens (tertiary/aromatic N) is 2. The van der Waals surface area contributed by atoms with E-state index in [0.717, 1.165) is 45.8 Å². The second-order valence-corrected chi connectivity index (χ2v) is 5.05. The monoisotopic (exact) mass is 256 g/mol. The third-order valence-corrected chi connectivity index (χ3v) is 3.87. The minimum atomic E-state index is -0.0371. The first-order valence-electron chi connectivity index (χ1n) is 6.95. The van der Waals surface area contributed by atoms with Crippen molar-refractivity contribution in [1.82, 2.24) is 9.80 Å². The van der Waals surface area contributed by atoms with Crippen molar-refractivity contribution >= 4 is 5.97 Å². The fourth-order valence-electron chi connectivity index (χ4n) is 2.78. The van der Waals surface area contributed by atoms with Crippen molar-refractivity contribution in [2.75, 3.05) is 46.0 Å². The topological polar surface area (TPSA) is 42.0 Å². The van der Waals surface area contributed by atoms with E-state index in [-0.39, 0.29) is 12.0 Å². The fourth-order valence-corrected chi connectivity index (χ4v) is 2.78. The predicted octanol–water partition coefficient (Wildman–Crippen LogP) is 0.345. The van der Waals surface area contributed by atoms with Gasteiger partial charge in [0.1, 0.15) is 6.04 Å². The van der Waals surface area contributed by atoms with Gasteiger partial charge in [0, 0.05) is 45.2 Å². The van der Waals surface area contributed by atoms with Gasteiger partial charge in [-0.15, -0.1) is 0 Å². The third kappa shape index (κ3) is 3.22. The highest BCUT2D eigenvalue weighted by atomic mass is 16.5. The summed E-state index contributed by atoms with van der Waals surface area (Å²) in [5, 5.41) is 0. The number of carbonyl (C=O) groups is 1. The molecular weight excluding hydrogens is 232 g/mol. The van der Waals surface area contributed by atoms with Gasteiger partial charge in [-0.2, -0.15) is 0 Å². The molecule has 5 nitrogen and oxygen atoms in total. The summed E-state index contributed by atoms with van der Waals surface area (Å²) in [5.74, 6) is -0.0371. The van der Waals surface area contributed by atoms with Crippen LogP contribution in [0, 0.1) is 0 Å². The van der Waals surface area contributed by atoms with Crippen LogP contribution in [0.15, 0.2) is 0 Å². The van der Waals surface area contributed by atoms with E-state index >= 15 is 0 Å². The molecular formula is C13H24N2O3. The second-order valence-electron chi connectivity index (χ2n) is 5.05. The van der Waals surface area contributed by atoms with Gasteiger partial charge in [0.05, 0.1) is 13.2 Å². The van der Waals surface area contributed by atoms with Crippen molar-refractivity contribution in [3.05, 3.63) is 0 Å². The largest absolute Gasteiger partial charge is 0.464 e. The molecule has 0 aromatic heterocycles. The Bertz CT molecular complexity index is 285. The number of hydrogen-bond donors (Lipinski definition) is 0. The molecule has 0 aliphatic carbocycles. The van der Waals surface area contributed by atoms with Crippen molar-refractivity contribution in [1.29, 1.82) is 0 Å². The van der Waals surface area contributed by atoms with Crippen LogP contribution < -0.4 is 0 Å². The van der Waals surface area contributed by atoms with Gasteiger partial charge in [-0.3, -0.25) is 14.6 Å². The molecule has 2 heterocycles. The van der Waals surface area contributed by atoms with Crippen molar-refractivity contribution in [2.45, 2.75) is 32.4 Å². The smallest absolute Gasteiger partial charge is 0.323 e. The molecule has 2 atom stereocenters. The minimum absolute atomic E-state index is 0.00138.